The van der Waals surface area contributed by atoms with Gasteiger partial charge in [-0.05, 0) is 36.8 Å². The molecule has 0 amide bonds. The first-order valence-electron chi connectivity index (χ1n) is 6.41. The van der Waals surface area contributed by atoms with E-state index in [1.54, 1.807) is 13.2 Å². The Bertz CT molecular complexity index is 588. The van der Waals surface area contributed by atoms with Gasteiger partial charge in [0.25, 0.3) is 0 Å². The molecule has 2 aromatic carbocycles. The maximum atomic E-state index is 13.7. The summed E-state index contributed by atoms with van der Waals surface area (Å²) >= 11 is 3.25. The van der Waals surface area contributed by atoms with E-state index in [9.17, 15) is 4.39 Å². The molecule has 2 aromatic rings. The third kappa shape index (κ3) is 3.81. The van der Waals surface area contributed by atoms with Gasteiger partial charge in [0.2, 0.25) is 0 Å². The van der Waals surface area contributed by atoms with Gasteiger partial charge in [0.05, 0.1) is 7.11 Å². The molecule has 0 saturated heterocycles. The zero-order chi connectivity index (χ0) is 14.5. The van der Waals surface area contributed by atoms with Crippen LogP contribution in [-0.2, 0) is 6.54 Å². The second-order valence-corrected chi connectivity index (χ2v) is 5.53. The molecule has 1 atom stereocenters. The Hall–Kier alpha value is -1.39. The van der Waals surface area contributed by atoms with Crippen LogP contribution in [0, 0.1) is 5.82 Å². The number of benzene rings is 2. The van der Waals surface area contributed by atoms with Crippen LogP contribution in [-0.4, -0.2) is 7.11 Å². The van der Waals surface area contributed by atoms with Crippen LogP contribution in [0.2, 0.25) is 0 Å². The number of methoxy groups -OCH3 is 1. The maximum absolute atomic E-state index is 13.7. The molecule has 1 N–H and O–H groups in total. The number of nitrogens with one attached hydrogen (secondary N) is 1. The number of hydrogen-bond donors (Lipinski definition) is 1. The van der Waals surface area contributed by atoms with Crippen molar-refractivity contribution < 1.29 is 9.13 Å². The van der Waals surface area contributed by atoms with Gasteiger partial charge < -0.3 is 10.1 Å². The molecule has 0 saturated carbocycles. The summed E-state index contributed by atoms with van der Waals surface area (Å²) in [6.45, 7) is 2.53. The van der Waals surface area contributed by atoms with Crippen molar-refractivity contribution in [3.05, 3.63) is 63.9 Å². The van der Waals surface area contributed by atoms with E-state index in [4.69, 9.17) is 4.74 Å². The smallest absolute Gasteiger partial charge is 0.128 e. The second-order valence-electron chi connectivity index (χ2n) is 4.61. The lowest BCUT2D eigenvalue weighted by molar-refractivity contribution is 0.413. The van der Waals surface area contributed by atoms with Crippen molar-refractivity contribution in [1.82, 2.24) is 5.32 Å². The van der Waals surface area contributed by atoms with Gasteiger partial charge in [0.1, 0.15) is 11.6 Å². The zero-order valence-corrected chi connectivity index (χ0v) is 13.1. The van der Waals surface area contributed by atoms with Gasteiger partial charge in [0, 0.05) is 22.6 Å². The van der Waals surface area contributed by atoms with Gasteiger partial charge in [-0.15, -0.1) is 0 Å². The highest BCUT2D eigenvalue weighted by atomic mass is 79.9. The molecule has 2 nitrogen and oxygen atoms in total. The largest absolute Gasteiger partial charge is 0.497 e. The minimum absolute atomic E-state index is 0.119. The molecule has 0 bridgehead atoms. The third-order valence-electron chi connectivity index (χ3n) is 3.21. The average molecular weight is 338 g/mol. The van der Waals surface area contributed by atoms with Crippen molar-refractivity contribution in [1.29, 1.82) is 0 Å². The Morgan fingerprint density at radius 3 is 2.75 bits per heavy atom. The first-order valence-corrected chi connectivity index (χ1v) is 7.20. The van der Waals surface area contributed by atoms with Crippen LogP contribution in [0.25, 0.3) is 0 Å². The summed E-state index contributed by atoms with van der Waals surface area (Å²) in [4.78, 5) is 0. The van der Waals surface area contributed by atoms with Crippen molar-refractivity contribution in [3.63, 3.8) is 0 Å². The summed E-state index contributed by atoms with van der Waals surface area (Å²) < 4.78 is 19.7. The van der Waals surface area contributed by atoms with Crippen LogP contribution in [0.1, 0.15) is 24.1 Å². The molecule has 2 rings (SSSR count). The predicted molar refractivity (Wildman–Crippen MR) is 82.3 cm³/mol. The van der Waals surface area contributed by atoms with Crippen molar-refractivity contribution in [3.8, 4) is 5.75 Å². The summed E-state index contributed by atoms with van der Waals surface area (Å²) in [5, 5.41) is 3.32. The molecule has 106 valence electrons. The Balaban J connectivity index is 2.02. The van der Waals surface area contributed by atoms with Gasteiger partial charge in [-0.25, -0.2) is 4.39 Å². The van der Waals surface area contributed by atoms with Gasteiger partial charge in [-0.2, -0.15) is 0 Å². The summed E-state index contributed by atoms with van der Waals surface area (Å²) in [6, 6.07) is 13.1. The maximum Gasteiger partial charge on any atom is 0.128 e. The zero-order valence-electron chi connectivity index (χ0n) is 11.5. The van der Waals surface area contributed by atoms with E-state index in [0.717, 1.165) is 15.8 Å². The Labute approximate surface area is 127 Å². The van der Waals surface area contributed by atoms with Crippen LogP contribution in [0.3, 0.4) is 0 Å². The molecule has 0 aromatic heterocycles. The van der Waals surface area contributed by atoms with E-state index in [1.807, 2.05) is 37.3 Å². The molecule has 0 spiro atoms. The number of hydrogen-bond acceptors (Lipinski definition) is 2. The average Bonchev–Trinajstić information content (AvgIpc) is 2.46. The van der Waals surface area contributed by atoms with Crippen LogP contribution in [0.4, 0.5) is 4.39 Å². The molecule has 0 aliphatic heterocycles. The standard InChI is InChI=1S/C16H17BrFNO/c1-11(12-4-3-5-15(8-12)20-2)19-10-13-6-7-14(17)9-16(13)18/h3-9,11,19H,10H2,1-2H3/t11-/m1/s1. The highest BCUT2D eigenvalue weighted by molar-refractivity contribution is 9.10. The van der Waals surface area contributed by atoms with E-state index in [2.05, 4.69) is 21.2 Å². The molecule has 0 aliphatic carbocycles. The summed E-state index contributed by atoms with van der Waals surface area (Å²) in [5.74, 6) is 0.621. The van der Waals surface area contributed by atoms with Crippen molar-refractivity contribution in [2.45, 2.75) is 19.5 Å². The van der Waals surface area contributed by atoms with Crippen LogP contribution < -0.4 is 10.1 Å². The van der Waals surface area contributed by atoms with Gasteiger partial charge in [-0.1, -0.05) is 34.1 Å². The number of ether oxygens (including phenoxy) is 1. The highest BCUT2D eigenvalue weighted by Crippen LogP contribution is 2.20. The van der Waals surface area contributed by atoms with Crippen molar-refractivity contribution in [2.24, 2.45) is 0 Å². The normalized spacial score (nSPS) is 12.2. The quantitative estimate of drug-likeness (QED) is 0.870. The molecular formula is C16H17BrFNO. The summed E-state index contributed by atoms with van der Waals surface area (Å²) in [6.07, 6.45) is 0. The van der Waals surface area contributed by atoms with E-state index in [0.29, 0.717) is 12.1 Å². The minimum atomic E-state index is -0.204. The molecule has 20 heavy (non-hydrogen) atoms. The predicted octanol–water partition coefficient (Wildman–Crippen LogP) is 4.45. The fourth-order valence-corrected chi connectivity index (χ4v) is 2.29. The molecule has 0 radical (unpaired) electrons. The second kappa shape index (κ2) is 6.86. The molecule has 4 heteroatoms. The lowest BCUT2D eigenvalue weighted by Gasteiger charge is -2.15. The lowest BCUT2D eigenvalue weighted by Crippen LogP contribution is -2.18. The van der Waals surface area contributed by atoms with Crippen LogP contribution in [0.5, 0.6) is 5.75 Å². The van der Waals surface area contributed by atoms with Crippen LogP contribution in [0.15, 0.2) is 46.9 Å². The molecule has 0 unspecified atom stereocenters. The van der Waals surface area contributed by atoms with Gasteiger partial charge in [0.15, 0.2) is 0 Å². The van der Waals surface area contributed by atoms with Crippen molar-refractivity contribution >= 4 is 15.9 Å². The first-order chi connectivity index (χ1) is 9.60. The molecular weight excluding hydrogens is 321 g/mol. The molecule has 0 heterocycles. The minimum Gasteiger partial charge on any atom is -0.497 e. The molecule has 0 aliphatic rings. The van der Waals surface area contributed by atoms with Gasteiger partial charge >= 0.3 is 0 Å². The Morgan fingerprint density at radius 2 is 2.05 bits per heavy atom. The van der Waals surface area contributed by atoms with Crippen molar-refractivity contribution in [2.75, 3.05) is 7.11 Å². The molecule has 0 fully saturated rings. The number of halogens is 2. The lowest BCUT2D eigenvalue weighted by atomic mass is 10.1. The first kappa shape index (κ1) is 15.0. The van der Waals surface area contributed by atoms with E-state index < -0.39 is 0 Å². The fourth-order valence-electron chi connectivity index (χ4n) is 1.96. The SMILES string of the molecule is COc1cccc([C@@H](C)NCc2ccc(Br)cc2F)c1. The van der Waals surface area contributed by atoms with Gasteiger partial charge in [-0.3, -0.25) is 0 Å². The highest BCUT2D eigenvalue weighted by Gasteiger charge is 2.08. The summed E-state index contributed by atoms with van der Waals surface area (Å²) in [5.41, 5.74) is 1.77. The Morgan fingerprint density at radius 1 is 1.25 bits per heavy atom. The van der Waals surface area contributed by atoms with E-state index in [-0.39, 0.29) is 11.9 Å². The monoisotopic (exact) mass is 337 g/mol. The van der Waals surface area contributed by atoms with Crippen LogP contribution >= 0.6 is 15.9 Å². The van der Waals surface area contributed by atoms with E-state index >= 15 is 0 Å². The topological polar surface area (TPSA) is 21.3 Å². The number of rotatable bonds is 5. The van der Waals surface area contributed by atoms with E-state index in [1.165, 1.54) is 6.07 Å². The third-order valence-corrected chi connectivity index (χ3v) is 3.70. The Kier molecular flexibility index (Phi) is 5.15. The fraction of sp³-hybridized carbons (Fsp3) is 0.250. The summed E-state index contributed by atoms with van der Waals surface area (Å²) in [7, 11) is 1.65.